The number of anilines is 1. The molecule has 0 atom stereocenters. The number of rotatable bonds is 6. The third-order valence-corrected chi connectivity index (χ3v) is 5.22. The Kier molecular flexibility index (Phi) is 4.80. The number of nitrogens with zero attached hydrogens (tertiary/aromatic N) is 2. The molecule has 0 radical (unpaired) electrons. The van der Waals surface area contributed by atoms with Crippen LogP contribution in [0.4, 0.5) is 5.82 Å². The Morgan fingerprint density at radius 1 is 1.04 bits per heavy atom. The summed E-state index contributed by atoms with van der Waals surface area (Å²) in [5, 5.41) is 6.72. The van der Waals surface area contributed by atoms with Crippen LogP contribution in [0.15, 0.2) is 66.2 Å². The molecule has 26 heavy (non-hydrogen) atoms. The zero-order valence-corrected chi connectivity index (χ0v) is 15.3. The highest BCUT2D eigenvalue weighted by molar-refractivity contribution is 7.17. The van der Waals surface area contributed by atoms with Crippen molar-refractivity contribution in [3.05, 3.63) is 71.7 Å². The summed E-state index contributed by atoms with van der Waals surface area (Å²) >= 11 is 1.72. The second-order valence-electron chi connectivity index (χ2n) is 5.94. The van der Waals surface area contributed by atoms with Gasteiger partial charge in [0, 0.05) is 33.8 Å². The maximum Gasteiger partial charge on any atom is 0.162 e. The first-order chi connectivity index (χ1) is 12.8. The molecule has 0 saturated carbocycles. The molecule has 5 heteroatoms. The number of thiophene rings is 1. The zero-order valence-electron chi connectivity index (χ0n) is 14.5. The predicted octanol–water partition coefficient (Wildman–Crippen LogP) is 5.02. The van der Waals surface area contributed by atoms with E-state index < -0.39 is 0 Å². The van der Waals surface area contributed by atoms with Gasteiger partial charge in [0.2, 0.25) is 0 Å². The fraction of sp³-hybridized carbons (Fsp3) is 0.143. The van der Waals surface area contributed by atoms with Crippen molar-refractivity contribution in [2.75, 3.05) is 19.0 Å². The molecule has 0 amide bonds. The number of aromatic nitrogens is 2. The van der Waals surface area contributed by atoms with Crippen molar-refractivity contribution in [2.45, 2.75) is 6.42 Å². The number of hydrogen-bond acceptors (Lipinski definition) is 5. The molecule has 2 aromatic heterocycles. The molecule has 2 aromatic carbocycles. The summed E-state index contributed by atoms with van der Waals surface area (Å²) in [6, 6.07) is 18.4. The molecule has 2 heterocycles. The number of methoxy groups -OCH3 is 1. The van der Waals surface area contributed by atoms with E-state index in [1.807, 2.05) is 24.4 Å². The van der Waals surface area contributed by atoms with E-state index in [0.29, 0.717) is 0 Å². The van der Waals surface area contributed by atoms with Crippen LogP contribution in [0.2, 0.25) is 0 Å². The van der Waals surface area contributed by atoms with Gasteiger partial charge >= 0.3 is 0 Å². The van der Waals surface area contributed by atoms with Crippen LogP contribution in [0.5, 0.6) is 5.75 Å². The Morgan fingerprint density at radius 3 is 2.73 bits per heavy atom. The molecule has 4 rings (SSSR count). The van der Waals surface area contributed by atoms with Gasteiger partial charge in [0.15, 0.2) is 5.82 Å². The van der Waals surface area contributed by atoms with E-state index in [1.54, 1.807) is 18.4 Å². The van der Waals surface area contributed by atoms with Crippen LogP contribution in [0.1, 0.15) is 5.56 Å². The molecule has 1 N–H and O–H groups in total. The van der Waals surface area contributed by atoms with Gasteiger partial charge in [0.25, 0.3) is 0 Å². The molecule has 0 unspecified atom stereocenters. The maximum absolute atomic E-state index is 5.19. The van der Waals surface area contributed by atoms with Crippen LogP contribution in [-0.4, -0.2) is 23.6 Å². The predicted molar refractivity (Wildman–Crippen MR) is 108 cm³/mol. The van der Waals surface area contributed by atoms with Crippen LogP contribution in [0.25, 0.3) is 21.5 Å². The van der Waals surface area contributed by atoms with Crippen molar-refractivity contribution in [2.24, 2.45) is 0 Å². The third-order valence-electron chi connectivity index (χ3n) is 4.26. The average Bonchev–Trinajstić information content (AvgIpc) is 3.13. The molecule has 0 aliphatic heterocycles. The Hall–Kier alpha value is -2.92. The number of fused-ring (bicyclic) bond motifs is 1. The lowest BCUT2D eigenvalue weighted by Crippen LogP contribution is -2.07. The molecule has 130 valence electrons. The van der Waals surface area contributed by atoms with E-state index in [2.05, 4.69) is 57.1 Å². The summed E-state index contributed by atoms with van der Waals surface area (Å²) < 4.78 is 6.44. The van der Waals surface area contributed by atoms with E-state index >= 15 is 0 Å². The number of hydrogen-bond donors (Lipinski definition) is 1. The average molecular weight is 361 g/mol. The van der Waals surface area contributed by atoms with Crippen molar-refractivity contribution in [1.82, 2.24) is 9.97 Å². The van der Waals surface area contributed by atoms with Crippen molar-refractivity contribution in [3.63, 3.8) is 0 Å². The minimum absolute atomic E-state index is 0.761. The highest BCUT2D eigenvalue weighted by Crippen LogP contribution is 2.32. The van der Waals surface area contributed by atoms with Crippen LogP contribution in [0, 0.1) is 0 Å². The Balaban J connectivity index is 1.45. The molecule has 4 nitrogen and oxygen atoms in total. The monoisotopic (exact) mass is 361 g/mol. The summed E-state index contributed by atoms with van der Waals surface area (Å²) in [7, 11) is 1.68. The molecule has 0 aliphatic rings. The van der Waals surface area contributed by atoms with Crippen molar-refractivity contribution >= 4 is 27.2 Å². The minimum atomic E-state index is 0.761. The number of benzene rings is 2. The Bertz CT molecular complexity index is 1010. The van der Waals surface area contributed by atoms with Crippen LogP contribution >= 0.6 is 11.3 Å². The van der Waals surface area contributed by atoms with Gasteiger partial charge < -0.3 is 10.1 Å². The molecule has 0 fully saturated rings. The smallest absolute Gasteiger partial charge is 0.162 e. The van der Waals surface area contributed by atoms with Gasteiger partial charge in [-0.2, -0.15) is 0 Å². The van der Waals surface area contributed by atoms with Crippen molar-refractivity contribution in [1.29, 1.82) is 0 Å². The summed E-state index contributed by atoms with van der Waals surface area (Å²) in [4.78, 5) is 9.15. The second-order valence-corrected chi connectivity index (χ2v) is 6.85. The lowest BCUT2D eigenvalue weighted by atomic mass is 10.1. The summed E-state index contributed by atoms with van der Waals surface area (Å²) in [6.45, 7) is 0.813. The highest BCUT2D eigenvalue weighted by atomic mass is 32.1. The lowest BCUT2D eigenvalue weighted by molar-refractivity contribution is 0.414. The van der Waals surface area contributed by atoms with Gasteiger partial charge in [-0.15, -0.1) is 11.3 Å². The maximum atomic E-state index is 5.19. The molecular weight excluding hydrogens is 342 g/mol. The van der Waals surface area contributed by atoms with Crippen molar-refractivity contribution in [3.8, 4) is 17.1 Å². The molecule has 0 aliphatic carbocycles. The first kappa shape index (κ1) is 16.5. The van der Waals surface area contributed by atoms with Crippen LogP contribution in [-0.2, 0) is 6.42 Å². The number of ether oxygens (including phenoxy) is 1. The van der Waals surface area contributed by atoms with Gasteiger partial charge in [0.1, 0.15) is 11.6 Å². The SMILES string of the molecule is COc1ccc(CCNc2ccnc(-c3csc4ccccc34)n2)cc1. The third kappa shape index (κ3) is 3.53. The normalized spacial score (nSPS) is 10.8. The summed E-state index contributed by atoms with van der Waals surface area (Å²) in [5.41, 5.74) is 2.35. The van der Waals surface area contributed by atoms with E-state index in [1.165, 1.54) is 15.6 Å². The van der Waals surface area contributed by atoms with E-state index in [-0.39, 0.29) is 0 Å². The first-order valence-corrected chi connectivity index (χ1v) is 9.38. The lowest BCUT2D eigenvalue weighted by Gasteiger charge is -2.07. The van der Waals surface area contributed by atoms with Gasteiger partial charge in [-0.05, 0) is 36.2 Å². The quantitative estimate of drug-likeness (QED) is 0.524. The van der Waals surface area contributed by atoms with Crippen molar-refractivity contribution < 1.29 is 4.74 Å². The molecule has 0 saturated heterocycles. The molecule has 4 aromatic rings. The van der Waals surface area contributed by atoms with E-state index in [4.69, 9.17) is 4.74 Å². The van der Waals surface area contributed by atoms with Gasteiger partial charge in [-0.1, -0.05) is 30.3 Å². The van der Waals surface area contributed by atoms with Gasteiger partial charge in [0.05, 0.1) is 7.11 Å². The highest BCUT2D eigenvalue weighted by Gasteiger charge is 2.09. The van der Waals surface area contributed by atoms with Crippen LogP contribution in [0.3, 0.4) is 0 Å². The minimum Gasteiger partial charge on any atom is -0.497 e. The molecular formula is C21H19N3OS. The first-order valence-electron chi connectivity index (χ1n) is 8.50. The van der Waals surface area contributed by atoms with E-state index in [9.17, 15) is 0 Å². The zero-order chi connectivity index (χ0) is 17.8. The standard InChI is InChI=1S/C21H19N3OS/c1-25-16-8-6-15(7-9-16)10-12-22-20-11-13-23-21(24-20)18-14-26-19-5-3-2-4-17(18)19/h2-9,11,13-14H,10,12H2,1H3,(H,22,23,24). The van der Waals surface area contributed by atoms with Gasteiger partial charge in [-0.3, -0.25) is 0 Å². The molecule has 0 spiro atoms. The topological polar surface area (TPSA) is 47.0 Å². The Labute approximate surface area is 156 Å². The fourth-order valence-electron chi connectivity index (χ4n) is 2.87. The largest absolute Gasteiger partial charge is 0.497 e. The number of nitrogens with one attached hydrogen (secondary N) is 1. The second kappa shape index (κ2) is 7.54. The van der Waals surface area contributed by atoms with Crippen LogP contribution < -0.4 is 10.1 Å². The summed E-state index contributed by atoms with van der Waals surface area (Å²) in [6.07, 6.45) is 2.73. The van der Waals surface area contributed by atoms with Gasteiger partial charge in [-0.25, -0.2) is 9.97 Å². The summed E-state index contributed by atoms with van der Waals surface area (Å²) in [5.74, 6) is 2.49. The molecule has 0 bridgehead atoms. The fourth-order valence-corrected chi connectivity index (χ4v) is 3.80. The van der Waals surface area contributed by atoms with E-state index in [0.717, 1.165) is 35.9 Å². The Morgan fingerprint density at radius 2 is 1.88 bits per heavy atom.